The molecule has 3 heterocycles. The number of aryl methyl sites for hydroxylation is 1. The maximum Gasteiger partial charge on any atom is 0.205 e. The van der Waals surface area contributed by atoms with Crippen LogP contribution in [0.25, 0.3) is 0 Å². The first-order valence-corrected chi connectivity index (χ1v) is 14.2. The topological polar surface area (TPSA) is 58.6 Å². The summed E-state index contributed by atoms with van der Waals surface area (Å²) in [5, 5.41) is 1.10. The van der Waals surface area contributed by atoms with E-state index in [4.69, 9.17) is 9.72 Å². The van der Waals surface area contributed by atoms with Crippen LogP contribution in [-0.4, -0.2) is 66.0 Å². The van der Waals surface area contributed by atoms with Gasteiger partial charge in [-0.15, -0.1) is 0 Å². The van der Waals surface area contributed by atoms with E-state index in [2.05, 4.69) is 45.4 Å². The van der Waals surface area contributed by atoms with E-state index in [-0.39, 0.29) is 11.3 Å². The quantitative estimate of drug-likeness (QED) is 0.522. The molecule has 1 spiro atoms. The molecule has 1 aromatic carbocycles. The molecule has 0 radical (unpaired) electrons. The standard InChI is InChI=1S/C28H40N4O2S/c1-4-26-29-27(35-30-26)32-14-9-21(10-15-32)31-16-12-28(13-17-31)19-24(22(20(2)33)11-18-34-3)23-7-5-6-8-25(23)28/h5-8,21-22,24H,4,9-19H2,1-3H3/t22?,24-/m1/s1. The molecule has 5 rings (SSSR count). The van der Waals surface area contributed by atoms with Crippen molar-refractivity contribution in [2.75, 3.05) is 44.8 Å². The number of nitrogens with zero attached hydrogens (tertiary/aromatic N) is 4. The fourth-order valence-electron chi connectivity index (χ4n) is 6.97. The Kier molecular flexibility index (Phi) is 7.56. The lowest BCUT2D eigenvalue weighted by Gasteiger charge is -2.45. The van der Waals surface area contributed by atoms with Gasteiger partial charge in [-0.25, -0.2) is 4.98 Å². The maximum atomic E-state index is 12.6. The zero-order valence-electron chi connectivity index (χ0n) is 21.5. The predicted molar refractivity (Wildman–Crippen MR) is 141 cm³/mol. The number of ketones is 1. The third-order valence-corrected chi connectivity index (χ3v) is 9.78. The number of carbonyl (C=O) groups is 1. The van der Waals surface area contributed by atoms with Crippen molar-refractivity contribution in [1.29, 1.82) is 0 Å². The second-order valence-electron chi connectivity index (χ2n) is 10.8. The van der Waals surface area contributed by atoms with Gasteiger partial charge in [0.05, 0.1) is 0 Å². The highest BCUT2D eigenvalue weighted by atomic mass is 32.1. The van der Waals surface area contributed by atoms with Crippen LogP contribution in [0, 0.1) is 5.92 Å². The summed E-state index contributed by atoms with van der Waals surface area (Å²) < 4.78 is 9.84. The zero-order chi connectivity index (χ0) is 24.4. The van der Waals surface area contributed by atoms with Gasteiger partial charge in [-0.3, -0.25) is 4.79 Å². The second kappa shape index (κ2) is 10.7. The number of benzene rings is 1. The Balaban J connectivity index is 1.23. The molecular weight excluding hydrogens is 456 g/mol. The number of hydrogen-bond donors (Lipinski definition) is 0. The number of methoxy groups -OCH3 is 1. The average molecular weight is 497 g/mol. The van der Waals surface area contributed by atoms with Crippen molar-refractivity contribution in [1.82, 2.24) is 14.3 Å². The molecule has 1 aliphatic carbocycles. The fourth-order valence-corrected chi connectivity index (χ4v) is 7.77. The molecule has 2 aromatic rings. The van der Waals surface area contributed by atoms with Gasteiger partial charge in [-0.1, -0.05) is 31.2 Å². The van der Waals surface area contributed by atoms with Crippen molar-refractivity contribution < 1.29 is 9.53 Å². The highest BCUT2D eigenvalue weighted by molar-refractivity contribution is 7.09. The van der Waals surface area contributed by atoms with Gasteiger partial charge in [-0.05, 0) is 81.0 Å². The summed E-state index contributed by atoms with van der Waals surface area (Å²) in [4.78, 5) is 22.5. The summed E-state index contributed by atoms with van der Waals surface area (Å²) >= 11 is 1.55. The molecule has 190 valence electrons. The molecule has 3 aliphatic rings. The Morgan fingerprint density at radius 2 is 1.94 bits per heavy atom. The number of rotatable bonds is 8. The van der Waals surface area contributed by atoms with E-state index >= 15 is 0 Å². The minimum absolute atomic E-state index is 0.0615. The van der Waals surface area contributed by atoms with Gasteiger partial charge in [0.15, 0.2) is 0 Å². The lowest BCUT2D eigenvalue weighted by atomic mass is 9.71. The van der Waals surface area contributed by atoms with Crippen molar-refractivity contribution in [3.8, 4) is 0 Å². The summed E-state index contributed by atoms with van der Waals surface area (Å²) in [6.07, 6.45) is 7.65. The average Bonchev–Trinajstić information content (AvgIpc) is 3.49. The van der Waals surface area contributed by atoms with Gasteiger partial charge in [0.25, 0.3) is 0 Å². The number of hydrogen-bond acceptors (Lipinski definition) is 7. The molecule has 2 fully saturated rings. The van der Waals surface area contributed by atoms with Gasteiger partial charge in [-0.2, -0.15) is 4.37 Å². The number of Topliss-reactive ketones (excluding diaryl/α,β-unsaturated/α-hetero) is 1. The highest BCUT2D eigenvalue weighted by Gasteiger charge is 2.48. The lowest BCUT2D eigenvalue weighted by Crippen LogP contribution is -2.50. The minimum Gasteiger partial charge on any atom is -0.385 e. The molecule has 0 bridgehead atoms. The van der Waals surface area contributed by atoms with E-state index in [0.29, 0.717) is 24.3 Å². The first kappa shape index (κ1) is 24.8. The van der Waals surface area contributed by atoms with E-state index in [1.54, 1.807) is 25.6 Å². The van der Waals surface area contributed by atoms with Crippen molar-refractivity contribution in [3.63, 3.8) is 0 Å². The normalized spacial score (nSPS) is 23.5. The van der Waals surface area contributed by atoms with E-state index in [0.717, 1.165) is 56.4 Å². The van der Waals surface area contributed by atoms with Gasteiger partial charge < -0.3 is 14.5 Å². The van der Waals surface area contributed by atoms with E-state index in [1.165, 1.54) is 36.8 Å². The summed E-state index contributed by atoms with van der Waals surface area (Å²) in [5.74, 6) is 1.67. The van der Waals surface area contributed by atoms with E-state index in [1.807, 2.05) is 0 Å². The molecule has 2 aliphatic heterocycles. The minimum atomic E-state index is 0.0615. The number of fused-ring (bicyclic) bond motifs is 2. The number of carbonyl (C=O) groups excluding carboxylic acids is 1. The first-order valence-electron chi connectivity index (χ1n) is 13.4. The Bertz CT molecular complexity index is 1010. The van der Waals surface area contributed by atoms with Gasteiger partial charge in [0.2, 0.25) is 5.13 Å². The Morgan fingerprint density at radius 3 is 2.60 bits per heavy atom. The Labute approximate surface area is 214 Å². The number of aromatic nitrogens is 2. The van der Waals surface area contributed by atoms with Crippen molar-refractivity contribution in [3.05, 3.63) is 41.2 Å². The molecule has 0 N–H and O–H groups in total. The van der Waals surface area contributed by atoms with Crippen LogP contribution in [0.1, 0.15) is 75.2 Å². The lowest BCUT2D eigenvalue weighted by molar-refractivity contribution is -0.122. The molecule has 7 heteroatoms. The predicted octanol–water partition coefficient (Wildman–Crippen LogP) is 4.83. The van der Waals surface area contributed by atoms with Crippen LogP contribution in [-0.2, 0) is 21.4 Å². The number of likely N-dealkylation sites (tertiary alicyclic amines) is 1. The SMILES string of the molecule is CCc1nsc(N2CCC(N3CCC4(CC3)C[C@H](C(CCOC)C(C)=O)c3ccccc34)CC2)n1. The van der Waals surface area contributed by atoms with Crippen LogP contribution >= 0.6 is 11.5 Å². The summed E-state index contributed by atoms with van der Waals surface area (Å²) in [6, 6.07) is 9.66. The highest BCUT2D eigenvalue weighted by Crippen LogP contribution is 2.54. The molecule has 2 atom stereocenters. The van der Waals surface area contributed by atoms with Gasteiger partial charge >= 0.3 is 0 Å². The summed E-state index contributed by atoms with van der Waals surface area (Å²) in [7, 11) is 1.73. The number of piperidine rings is 2. The second-order valence-corrected chi connectivity index (χ2v) is 11.5. The molecular formula is C28H40N4O2S. The van der Waals surface area contributed by atoms with E-state index in [9.17, 15) is 4.79 Å². The molecule has 0 saturated carbocycles. The van der Waals surface area contributed by atoms with Gasteiger partial charge in [0, 0.05) is 56.7 Å². The van der Waals surface area contributed by atoms with Crippen LogP contribution in [0.15, 0.2) is 24.3 Å². The molecule has 0 amide bonds. The third-order valence-electron chi connectivity index (χ3n) is 8.96. The third kappa shape index (κ3) is 4.92. The molecule has 2 saturated heterocycles. The molecule has 1 unspecified atom stereocenters. The van der Waals surface area contributed by atoms with Crippen molar-refractivity contribution in [2.45, 2.75) is 76.2 Å². The summed E-state index contributed by atoms with van der Waals surface area (Å²) in [6.45, 7) is 9.02. The van der Waals surface area contributed by atoms with Crippen molar-refractivity contribution in [2.24, 2.45) is 5.92 Å². The van der Waals surface area contributed by atoms with E-state index < -0.39 is 0 Å². The smallest absolute Gasteiger partial charge is 0.205 e. The Hall–Kier alpha value is -1.83. The number of anilines is 1. The zero-order valence-corrected chi connectivity index (χ0v) is 22.4. The van der Waals surface area contributed by atoms with Crippen LogP contribution in [0.5, 0.6) is 0 Å². The molecule has 1 aromatic heterocycles. The largest absolute Gasteiger partial charge is 0.385 e. The monoisotopic (exact) mass is 496 g/mol. The van der Waals surface area contributed by atoms with Gasteiger partial charge in [0.1, 0.15) is 11.6 Å². The number of ether oxygens (including phenoxy) is 1. The Morgan fingerprint density at radius 1 is 1.20 bits per heavy atom. The van der Waals surface area contributed by atoms with Crippen molar-refractivity contribution >= 4 is 22.4 Å². The van der Waals surface area contributed by atoms with Crippen LogP contribution in [0.4, 0.5) is 5.13 Å². The molecule has 6 nitrogen and oxygen atoms in total. The molecule has 35 heavy (non-hydrogen) atoms. The van der Waals surface area contributed by atoms with Crippen LogP contribution < -0.4 is 4.90 Å². The summed E-state index contributed by atoms with van der Waals surface area (Å²) in [5.41, 5.74) is 3.17. The van der Waals surface area contributed by atoms with Crippen LogP contribution in [0.3, 0.4) is 0 Å². The first-order chi connectivity index (χ1) is 17.0. The fraction of sp³-hybridized carbons (Fsp3) is 0.679. The van der Waals surface area contributed by atoms with Crippen LogP contribution in [0.2, 0.25) is 0 Å². The maximum absolute atomic E-state index is 12.6.